The predicted octanol–water partition coefficient (Wildman–Crippen LogP) is 5.70. The number of rotatable bonds is 11. The van der Waals surface area contributed by atoms with Crippen LogP contribution in [0.4, 0.5) is 0 Å². The number of aromatic nitrogens is 1. The van der Waals surface area contributed by atoms with Gasteiger partial charge < -0.3 is 14.6 Å². The van der Waals surface area contributed by atoms with Crippen molar-refractivity contribution in [2.75, 3.05) is 13.6 Å². The van der Waals surface area contributed by atoms with Crippen molar-refractivity contribution in [1.29, 1.82) is 0 Å². The van der Waals surface area contributed by atoms with Gasteiger partial charge in [-0.3, -0.25) is 0 Å². The van der Waals surface area contributed by atoms with Gasteiger partial charge in [-0.1, -0.05) is 63.0 Å². The second-order valence-electron chi connectivity index (χ2n) is 11.7. The quantitative estimate of drug-likeness (QED) is 0.316. The molecule has 2 aromatic carbocycles. The van der Waals surface area contributed by atoms with E-state index in [4.69, 9.17) is 4.74 Å². The minimum atomic E-state index is -3.47. The van der Waals surface area contributed by atoms with Gasteiger partial charge in [-0.2, -0.15) is 0 Å². The lowest BCUT2D eigenvalue weighted by Gasteiger charge is -2.25. The molecule has 2 heterocycles. The molecule has 1 fully saturated rings. The summed E-state index contributed by atoms with van der Waals surface area (Å²) in [4.78, 5) is 0. The number of fused-ring (bicyclic) bond motifs is 1. The van der Waals surface area contributed by atoms with Crippen LogP contribution in [0.25, 0.3) is 10.9 Å². The third kappa shape index (κ3) is 6.73. The molecule has 3 aromatic rings. The highest BCUT2D eigenvalue weighted by Gasteiger charge is 2.27. The normalized spacial score (nSPS) is 18.5. The second-order valence-corrected chi connectivity index (χ2v) is 19.3. The van der Waals surface area contributed by atoms with Gasteiger partial charge in [0.2, 0.25) is 10.0 Å². The van der Waals surface area contributed by atoms with Gasteiger partial charge >= 0.3 is 0 Å². The van der Waals surface area contributed by atoms with Crippen LogP contribution in [0.5, 0.6) is 0 Å². The summed E-state index contributed by atoms with van der Waals surface area (Å²) in [5.74, 6) is 0.309. The molecule has 0 spiro atoms. The number of nitrogens with one attached hydrogen (secondary N) is 1. The van der Waals surface area contributed by atoms with Gasteiger partial charge in [0.1, 0.15) is 6.73 Å². The molecule has 0 radical (unpaired) electrons. The van der Waals surface area contributed by atoms with Gasteiger partial charge in [0.05, 0.1) is 19.3 Å². The Bertz CT molecular complexity index is 1300. The Hall–Kier alpha value is -1.97. The van der Waals surface area contributed by atoms with Crippen LogP contribution in [-0.4, -0.2) is 50.7 Å². The van der Waals surface area contributed by atoms with Crippen molar-refractivity contribution < 1.29 is 13.2 Å². The first-order chi connectivity index (χ1) is 17.5. The minimum Gasteiger partial charge on any atom is -0.361 e. The SMILES string of the molecule is CC(c1cn(COC(C)[Si](C)(C)C)c2ccc(CS(=O)(=O)N(C)Cc3ccccc3)cc12)C1CCCN1. The first-order valence-corrected chi connectivity index (χ1v) is 18.6. The van der Waals surface area contributed by atoms with Crippen LogP contribution in [0.2, 0.25) is 19.6 Å². The third-order valence-electron chi connectivity index (χ3n) is 7.92. The van der Waals surface area contributed by atoms with Crippen molar-refractivity contribution in [2.45, 2.75) is 83.0 Å². The molecule has 3 unspecified atom stereocenters. The maximum Gasteiger partial charge on any atom is 0.218 e. The highest BCUT2D eigenvalue weighted by atomic mass is 32.2. The lowest BCUT2D eigenvalue weighted by molar-refractivity contribution is 0.0592. The van der Waals surface area contributed by atoms with E-state index in [1.54, 1.807) is 7.05 Å². The van der Waals surface area contributed by atoms with Crippen molar-refractivity contribution in [1.82, 2.24) is 14.2 Å². The largest absolute Gasteiger partial charge is 0.361 e. The van der Waals surface area contributed by atoms with Crippen LogP contribution in [0.1, 0.15) is 49.3 Å². The number of nitrogens with zero attached hydrogens (tertiary/aromatic N) is 2. The Morgan fingerprint density at radius 1 is 1.11 bits per heavy atom. The van der Waals surface area contributed by atoms with E-state index in [1.165, 1.54) is 16.3 Å². The highest BCUT2D eigenvalue weighted by Crippen LogP contribution is 2.33. The van der Waals surface area contributed by atoms with Crippen molar-refractivity contribution in [3.8, 4) is 0 Å². The van der Waals surface area contributed by atoms with E-state index in [0.717, 1.165) is 35.0 Å². The molecule has 0 saturated carbocycles. The summed E-state index contributed by atoms with van der Waals surface area (Å²) >= 11 is 0. The molecule has 1 aromatic heterocycles. The highest BCUT2D eigenvalue weighted by molar-refractivity contribution is 7.88. The fourth-order valence-electron chi connectivity index (χ4n) is 4.99. The van der Waals surface area contributed by atoms with Crippen LogP contribution >= 0.6 is 0 Å². The zero-order valence-corrected chi connectivity index (χ0v) is 25.0. The molecule has 1 aliphatic rings. The number of hydrogen-bond donors (Lipinski definition) is 1. The smallest absolute Gasteiger partial charge is 0.218 e. The Morgan fingerprint density at radius 2 is 1.84 bits per heavy atom. The maximum atomic E-state index is 13.2. The molecule has 0 amide bonds. The summed E-state index contributed by atoms with van der Waals surface area (Å²) in [6, 6.07) is 16.3. The maximum absolute atomic E-state index is 13.2. The molecule has 1 saturated heterocycles. The van der Waals surface area contributed by atoms with E-state index in [1.807, 2.05) is 36.4 Å². The van der Waals surface area contributed by atoms with E-state index in [9.17, 15) is 8.42 Å². The first kappa shape index (κ1) is 28.0. The van der Waals surface area contributed by atoms with Crippen molar-refractivity contribution in [2.24, 2.45) is 0 Å². The van der Waals surface area contributed by atoms with E-state index >= 15 is 0 Å². The fourth-order valence-corrected chi connectivity index (χ4v) is 6.73. The zero-order chi connectivity index (χ0) is 26.8. The molecule has 8 heteroatoms. The third-order valence-corrected chi connectivity index (χ3v) is 12.3. The average Bonchev–Trinajstić information content (AvgIpc) is 3.50. The molecule has 3 atom stereocenters. The molecule has 1 aliphatic heterocycles. The zero-order valence-electron chi connectivity index (χ0n) is 23.2. The second kappa shape index (κ2) is 11.4. The van der Waals surface area contributed by atoms with E-state index < -0.39 is 18.1 Å². The van der Waals surface area contributed by atoms with Crippen molar-refractivity contribution >= 4 is 29.0 Å². The van der Waals surface area contributed by atoms with Gasteiger partial charge in [0.25, 0.3) is 0 Å². The predicted molar refractivity (Wildman–Crippen MR) is 156 cm³/mol. The van der Waals surface area contributed by atoms with Crippen molar-refractivity contribution in [3.05, 3.63) is 71.4 Å². The summed E-state index contributed by atoms with van der Waals surface area (Å²) in [6.45, 7) is 13.4. The number of sulfonamides is 1. The van der Waals surface area contributed by atoms with Gasteiger partial charge in [-0.15, -0.1) is 0 Å². The Balaban J connectivity index is 1.62. The number of ether oxygens (including phenoxy) is 1. The number of benzene rings is 2. The summed E-state index contributed by atoms with van der Waals surface area (Å²) in [6.07, 6.45) is 4.59. The minimum absolute atomic E-state index is 0.0177. The van der Waals surface area contributed by atoms with E-state index in [-0.39, 0.29) is 11.5 Å². The summed E-state index contributed by atoms with van der Waals surface area (Å²) < 4.78 is 36.5. The van der Waals surface area contributed by atoms with Crippen LogP contribution in [-0.2, 0) is 33.8 Å². The van der Waals surface area contributed by atoms with Crippen LogP contribution in [0.3, 0.4) is 0 Å². The lowest BCUT2D eigenvalue weighted by Crippen LogP contribution is -2.38. The molecule has 0 bridgehead atoms. The van der Waals surface area contributed by atoms with E-state index in [0.29, 0.717) is 25.2 Å². The van der Waals surface area contributed by atoms with Gasteiger partial charge in [0, 0.05) is 36.9 Å². The Kier molecular flexibility index (Phi) is 8.65. The van der Waals surface area contributed by atoms with Gasteiger partial charge in [-0.25, -0.2) is 12.7 Å². The van der Waals surface area contributed by atoms with E-state index in [2.05, 4.69) is 61.7 Å². The van der Waals surface area contributed by atoms with Gasteiger partial charge in [0.15, 0.2) is 0 Å². The van der Waals surface area contributed by atoms with Crippen molar-refractivity contribution in [3.63, 3.8) is 0 Å². The summed E-state index contributed by atoms with van der Waals surface area (Å²) in [7, 11) is -3.22. The van der Waals surface area contributed by atoms with Crippen LogP contribution < -0.4 is 5.32 Å². The molecule has 4 rings (SSSR count). The molecule has 37 heavy (non-hydrogen) atoms. The topological polar surface area (TPSA) is 63.6 Å². The molecule has 0 aliphatic carbocycles. The van der Waals surface area contributed by atoms with Crippen LogP contribution in [0, 0.1) is 0 Å². The average molecular weight is 542 g/mol. The Morgan fingerprint density at radius 3 is 2.49 bits per heavy atom. The standard InChI is InChI=1S/C29H43N3O3SSi/c1-22(28-13-10-16-30-28)27-19-32(21-35-23(2)37(4,5)6)29-15-14-25(17-26(27)29)20-36(33,34)31(3)18-24-11-8-7-9-12-24/h7-9,11-12,14-15,17,19,22-23,28,30H,10,13,16,18,20-21H2,1-6H3. The summed E-state index contributed by atoms with van der Waals surface area (Å²) in [5.41, 5.74) is 4.40. The van der Waals surface area contributed by atoms with Gasteiger partial charge in [-0.05, 0) is 61.1 Å². The monoisotopic (exact) mass is 541 g/mol. The Labute approximate surface area is 224 Å². The summed E-state index contributed by atoms with van der Waals surface area (Å²) in [5, 5.41) is 4.78. The molecular weight excluding hydrogens is 498 g/mol. The lowest BCUT2D eigenvalue weighted by atomic mass is 9.92. The first-order valence-electron chi connectivity index (χ1n) is 13.4. The number of hydrogen-bond acceptors (Lipinski definition) is 4. The van der Waals surface area contributed by atoms with Crippen LogP contribution in [0.15, 0.2) is 54.7 Å². The molecule has 1 N–H and O–H groups in total. The molecular formula is C29H43N3O3SSi. The fraction of sp³-hybridized carbons (Fsp3) is 0.517. The molecule has 202 valence electrons. The molecule has 6 nitrogen and oxygen atoms in total.